The third kappa shape index (κ3) is 3.51. The van der Waals surface area contributed by atoms with Crippen molar-refractivity contribution in [1.82, 2.24) is 9.97 Å². The summed E-state index contributed by atoms with van der Waals surface area (Å²) in [5, 5.41) is 3.82. The second-order valence-corrected chi connectivity index (χ2v) is 5.27. The fraction of sp³-hybridized carbons (Fsp3) is 0.167. The lowest BCUT2D eigenvalue weighted by Gasteiger charge is -2.09. The minimum atomic E-state index is 0.439. The van der Waals surface area contributed by atoms with Crippen molar-refractivity contribution in [3.05, 3.63) is 28.7 Å². The van der Waals surface area contributed by atoms with E-state index in [1.165, 1.54) is 11.8 Å². The van der Waals surface area contributed by atoms with E-state index in [1.54, 1.807) is 13.2 Å². The molecule has 19 heavy (non-hydrogen) atoms. The maximum atomic E-state index is 5.73. The van der Waals surface area contributed by atoms with Crippen LogP contribution in [0.1, 0.15) is 0 Å². The van der Waals surface area contributed by atoms with Crippen LogP contribution in [0.3, 0.4) is 0 Å². The predicted molar refractivity (Wildman–Crippen MR) is 82.2 cm³/mol. The van der Waals surface area contributed by atoms with E-state index in [1.807, 2.05) is 24.5 Å². The van der Waals surface area contributed by atoms with Crippen molar-refractivity contribution >= 4 is 45.0 Å². The maximum Gasteiger partial charge on any atom is 0.191 e. The summed E-state index contributed by atoms with van der Waals surface area (Å²) >= 11 is 4.88. The number of hydrogen-bond donors (Lipinski definition) is 2. The van der Waals surface area contributed by atoms with Crippen LogP contribution in [0, 0.1) is 0 Å². The van der Waals surface area contributed by atoms with Crippen LogP contribution in [0.2, 0.25) is 0 Å². The lowest BCUT2D eigenvalue weighted by Crippen LogP contribution is -2.00. The number of anilines is 3. The average molecular weight is 341 g/mol. The third-order valence-corrected chi connectivity index (χ3v) is 3.50. The number of thioether (sulfide) groups is 1. The molecule has 1 aromatic heterocycles. The average Bonchev–Trinajstić information content (AvgIpc) is 2.38. The largest absolute Gasteiger partial charge is 0.496 e. The van der Waals surface area contributed by atoms with Crippen LogP contribution in [0.5, 0.6) is 5.75 Å². The zero-order valence-corrected chi connectivity index (χ0v) is 12.9. The van der Waals surface area contributed by atoms with Gasteiger partial charge in [0.25, 0.3) is 0 Å². The molecule has 2 aromatic rings. The lowest BCUT2D eigenvalue weighted by molar-refractivity contribution is 0.412. The highest BCUT2D eigenvalue weighted by molar-refractivity contribution is 9.10. The van der Waals surface area contributed by atoms with Gasteiger partial charge < -0.3 is 15.8 Å². The minimum absolute atomic E-state index is 0.439. The number of methoxy groups -OCH3 is 1. The lowest BCUT2D eigenvalue weighted by atomic mass is 10.3. The highest BCUT2D eigenvalue weighted by atomic mass is 79.9. The Bertz CT molecular complexity index is 594. The van der Waals surface area contributed by atoms with E-state index in [9.17, 15) is 0 Å². The second kappa shape index (κ2) is 6.12. The van der Waals surface area contributed by atoms with Gasteiger partial charge in [-0.15, -0.1) is 0 Å². The molecule has 0 aliphatic rings. The standard InChI is InChI=1S/C12H13BrN4OS/c1-18-9-4-3-7(5-8(9)13)15-11-6-10(14)16-12(17-11)19-2/h3-6H,1-2H3,(H3,14,15,16,17). The summed E-state index contributed by atoms with van der Waals surface area (Å²) in [6, 6.07) is 7.38. The number of hydrogen-bond acceptors (Lipinski definition) is 6. The molecule has 0 radical (unpaired) electrons. The molecular weight excluding hydrogens is 328 g/mol. The Labute approximate surface area is 124 Å². The quantitative estimate of drug-likeness (QED) is 0.657. The SMILES string of the molecule is COc1ccc(Nc2cc(N)nc(SC)n2)cc1Br. The third-order valence-electron chi connectivity index (χ3n) is 2.33. The number of halogens is 1. The Morgan fingerprint density at radius 1 is 1.32 bits per heavy atom. The summed E-state index contributed by atoms with van der Waals surface area (Å²) in [5.74, 6) is 1.88. The number of nitrogen functional groups attached to an aromatic ring is 1. The number of ether oxygens (including phenoxy) is 1. The fourth-order valence-corrected chi connectivity index (χ4v) is 2.42. The first-order chi connectivity index (χ1) is 9.12. The zero-order valence-electron chi connectivity index (χ0n) is 10.5. The van der Waals surface area contributed by atoms with Crippen molar-refractivity contribution in [2.75, 3.05) is 24.4 Å². The predicted octanol–water partition coefficient (Wildman–Crippen LogP) is 3.30. The summed E-state index contributed by atoms with van der Waals surface area (Å²) in [6.45, 7) is 0. The van der Waals surface area contributed by atoms with E-state index in [4.69, 9.17) is 10.5 Å². The van der Waals surface area contributed by atoms with Gasteiger partial charge in [-0.3, -0.25) is 0 Å². The Hall–Kier alpha value is -1.47. The van der Waals surface area contributed by atoms with Crippen LogP contribution >= 0.6 is 27.7 Å². The van der Waals surface area contributed by atoms with Crippen LogP contribution in [0.15, 0.2) is 33.9 Å². The topological polar surface area (TPSA) is 73.1 Å². The van der Waals surface area contributed by atoms with Gasteiger partial charge in [0.05, 0.1) is 11.6 Å². The number of aromatic nitrogens is 2. The van der Waals surface area contributed by atoms with Gasteiger partial charge in [-0.25, -0.2) is 9.97 Å². The monoisotopic (exact) mass is 340 g/mol. The summed E-state index contributed by atoms with van der Waals surface area (Å²) in [7, 11) is 1.63. The molecule has 0 bridgehead atoms. The highest BCUT2D eigenvalue weighted by Gasteiger charge is 2.05. The van der Waals surface area contributed by atoms with Crippen molar-refractivity contribution in [2.45, 2.75) is 5.16 Å². The van der Waals surface area contributed by atoms with Crippen molar-refractivity contribution in [3.8, 4) is 5.75 Å². The fourth-order valence-electron chi connectivity index (χ4n) is 1.49. The molecule has 0 atom stereocenters. The van der Waals surface area contributed by atoms with Crippen molar-refractivity contribution in [1.29, 1.82) is 0 Å². The number of nitrogens with one attached hydrogen (secondary N) is 1. The van der Waals surface area contributed by atoms with Gasteiger partial charge in [0.2, 0.25) is 0 Å². The molecule has 1 aromatic carbocycles. The normalized spacial score (nSPS) is 10.3. The van der Waals surface area contributed by atoms with Crippen LogP contribution in [0.4, 0.5) is 17.3 Å². The first kappa shape index (κ1) is 14.0. The van der Waals surface area contributed by atoms with Gasteiger partial charge in [-0.05, 0) is 40.4 Å². The summed E-state index contributed by atoms with van der Waals surface area (Å²) in [5.41, 5.74) is 6.62. The molecule has 0 aliphatic heterocycles. The number of nitrogens with zero attached hydrogens (tertiary/aromatic N) is 2. The van der Waals surface area contributed by atoms with Crippen LogP contribution in [-0.2, 0) is 0 Å². The molecule has 3 N–H and O–H groups in total. The second-order valence-electron chi connectivity index (χ2n) is 3.64. The van der Waals surface area contributed by atoms with Crippen molar-refractivity contribution < 1.29 is 4.74 Å². The van der Waals surface area contributed by atoms with Gasteiger partial charge in [0.1, 0.15) is 17.4 Å². The van der Waals surface area contributed by atoms with E-state index in [-0.39, 0.29) is 0 Å². The molecule has 7 heteroatoms. The summed E-state index contributed by atoms with van der Waals surface area (Å²) in [6.07, 6.45) is 1.91. The van der Waals surface area contributed by atoms with E-state index >= 15 is 0 Å². The van der Waals surface area contributed by atoms with E-state index in [2.05, 4.69) is 31.2 Å². The van der Waals surface area contributed by atoms with Gasteiger partial charge in [0.15, 0.2) is 5.16 Å². The summed E-state index contributed by atoms with van der Waals surface area (Å²) < 4.78 is 6.05. The number of nitrogens with two attached hydrogens (primary N) is 1. The van der Waals surface area contributed by atoms with Crippen molar-refractivity contribution in [3.63, 3.8) is 0 Å². The smallest absolute Gasteiger partial charge is 0.191 e. The van der Waals surface area contributed by atoms with E-state index in [0.29, 0.717) is 16.8 Å². The molecule has 2 rings (SSSR count). The molecule has 0 amide bonds. The molecule has 0 saturated heterocycles. The van der Waals surface area contributed by atoms with Crippen LogP contribution in [0.25, 0.3) is 0 Å². The zero-order chi connectivity index (χ0) is 13.8. The van der Waals surface area contributed by atoms with Gasteiger partial charge in [-0.2, -0.15) is 0 Å². The van der Waals surface area contributed by atoms with Crippen molar-refractivity contribution in [2.24, 2.45) is 0 Å². The first-order valence-electron chi connectivity index (χ1n) is 5.41. The first-order valence-corrected chi connectivity index (χ1v) is 7.43. The highest BCUT2D eigenvalue weighted by Crippen LogP contribution is 2.29. The molecule has 5 nitrogen and oxygen atoms in total. The molecule has 100 valence electrons. The van der Waals surface area contributed by atoms with Gasteiger partial charge >= 0.3 is 0 Å². The van der Waals surface area contributed by atoms with Gasteiger partial charge in [0, 0.05) is 11.8 Å². The summed E-state index contributed by atoms with van der Waals surface area (Å²) in [4.78, 5) is 8.43. The Balaban J connectivity index is 2.25. The molecule has 0 aliphatic carbocycles. The Morgan fingerprint density at radius 3 is 2.74 bits per heavy atom. The molecular formula is C12H13BrN4OS. The van der Waals surface area contributed by atoms with Gasteiger partial charge in [-0.1, -0.05) is 11.8 Å². The Morgan fingerprint density at radius 2 is 2.11 bits per heavy atom. The number of rotatable bonds is 4. The molecule has 0 spiro atoms. The van der Waals surface area contributed by atoms with Crippen LogP contribution < -0.4 is 15.8 Å². The minimum Gasteiger partial charge on any atom is -0.496 e. The maximum absolute atomic E-state index is 5.73. The molecule has 0 fully saturated rings. The molecule has 0 saturated carbocycles. The van der Waals surface area contributed by atoms with Crippen LogP contribution in [-0.4, -0.2) is 23.3 Å². The van der Waals surface area contributed by atoms with E-state index < -0.39 is 0 Å². The molecule has 1 heterocycles. The number of benzene rings is 1. The van der Waals surface area contributed by atoms with E-state index in [0.717, 1.165) is 15.9 Å². The molecule has 0 unspecified atom stereocenters. The Kier molecular flexibility index (Phi) is 4.49.